The molecule has 0 saturated heterocycles. The van der Waals surface area contributed by atoms with Crippen molar-refractivity contribution in [2.24, 2.45) is 0 Å². The van der Waals surface area contributed by atoms with Crippen LogP contribution >= 0.6 is 12.4 Å². The minimum Gasteiger partial charge on any atom is -0.494 e. The number of hydrogen-bond donors (Lipinski definition) is 2. The molecule has 186 valence electrons. The molecule has 0 aliphatic carbocycles. The normalized spacial score (nSPS) is 17.5. The van der Waals surface area contributed by atoms with E-state index in [1.807, 2.05) is 44.2 Å². The molecule has 0 saturated carbocycles. The van der Waals surface area contributed by atoms with Gasteiger partial charge in [-0.05, 0) is 74.2 Å². The van der Waals surface area contributed by atoms with Crippen LogP contribution in [-0.2, 0) is 0 Å². The molecule has 7 heteroatoms. The van der Waals surface area contributed by atoms with E-state index < -0.39 is 5.97 Å². The molecule has 0 radical (unpaired) electrons. The summed E-state index contributed by atoms with van der Waals surface area (Å²) in [6.45, 7) is 4.57. The molecule has 0 bridgehead atoms. The maximum Gasteiger partial charge on any atom is 0.335 e. The second-order valence-electron chi connectivity index (χ2n) is 8.80. The molecule has 0 fully saturated rings. The van der Waals surface area contributed by atoms with Gasteiger partial charge < -0.3 is 19.9 Å². The third-order valence-electron chi connectivity index (χ3n) is 6.57. The molecule has 35 heavy (non-hydrogen) atoms. The largest absolute Gasteiger partial charge is 0.494 e. The molecule has 0 aromatic heterocycles. The molecule has 4 rings (SSSR count). The first-order chi connectivity index (χ1) is 16.4. The fourth-order valence-electron chi connectivity index (χ4n) is 4.60. The van der Waals surface area contributed by atoms with Crippen molar-refractivity contribution in [2.75, 3.05) is 13.7 Å². The molecule has 1 unspecified atom stereocenters. The number of nitrogens with one attached hydrogen (secondary N) is 1. The molecule has 3 atom stereocenters. The molecule has 1 heterocycles. The molecule has 0 amide bonds. The zero-order chi connectivity index (χ0) is 24.2. The highest BCUT2D eigenvalue weighted by molar-refractivity contribution is 5.89. The van der Waals surface area contributed by atoms with Crippen molar-refractivity contribution in [2.45, 2.75) is 44.8 Å². The first-order valence-electron chi connectivity index (χ1n) is 11.5. The summed E-state index contributed by atoms with van der Waals surface area (Å²) in [7, 11) is 1.46. The molecular formula is C28H31ClFNO4. The van der Waals surface area contributed by atoms with Gasteiger partial charge >= 0.3 is 5.97 Å². The number of methoxy groups -OCH3 is 1. The Balaban J connectivity index is 0.00000342. The summed E-state index contributed by atoms with van der Waals surface area (Å²) in [5.74, 6) is -0.141. The summed E-state index contributed by atoms with van der Waals surface area (Å²) in [6, 6.07) is 18.6. The number of para-hydroxylation sites is 1. The maximum absolute atomic E-state index is 13.7. The summed E-state index contributed by atoms with van der Waals surface area (Å²) in [6.07, 6.45) is 1.53. The van der Waals surface area contributed by atoms with Gasteiger partial charge in [0.2, 0.25) is 0 Å². The number of aromatic carboxylic acids is 1. The number of carbonyl (C=O) groups is 1. The van der Waals surface area contributed by atoms with E-state index in [0.717, 1.165) is 40.8 Å². The Bertz CT molecular complexity index is 1190. The second kappa shape index (κ2) is 11.6. The SMILES string of the molecule is COc1cc(C(C)NCC[C@@H]2C[C@H](c3ccc(C)c(C(=O)O)c3)c3ccccc3O2)ccc1F.Cl. The van der Waals surface area contributed by atoms with Gasteiger partial charge in [-0.3, -0.25) is 0 Å². The number of carboxylic acids is 1. The number of hydrogen-bond acceptors (Lipinski definition) is 4. The predicted octanol–water partition coefficient (Wildman–Crippen LogP) is 6.29. The lowest BCUT2D eigenvalue weighted by Gasteiger charge is -2.33. The molecule has 1 aliphatic heterocycles. The Hall–Kier alpha value is -3.09. The van der Waals surface area contributed by atoms with E-state index >= 15 is 0 Å². The van der Waals surface area contributed by atoms with Gasteiger partial charge in [-0.1, -0.05) is 36.4 Å². The summed E-state index contributed by atoms with van der Waals surface area (Å²) in [5.41, 5.74) is 4.11. The van der Waals surface area contributed by atoms with Crippen molar-refractivity contribution < 1.29 is 23.8 Å². The third-order valence-corrected chi connectivity index (χ3v) is 6.57. The minimum atomic E-state index is -0.910. The average molecular weight is 500 g/mol. The zero-order valence-corrected chi connectivity index (χ0v) is 20.9. The van der Waals surface area contributed by atoms with Gasteiger partial charge in [0.15, 0.2) is 11.6 Å². The number of benzene rings is 3. The smallest absolute Gasteiger partial charge is 0.335 e. The van der Waals surface area contributed by atoms with Gasteiger partial charge in [0.05, 0.1) is 12.7 Å². The number of ether oxygens (including phenoxy) is 2. The molecule has 3 aromatic carbocycles. The van der Waals surface area contributed by atoms with E-state index in [9.17, 15) is 14.3 Å². The third kappa shape index (κ3) is 5.95. The van der Waals surface area contributed by atoms with Crippen LogP contribution in [0, 0.1) is 12.7 Å². The van der Waals surface area contributed by atoms with Gasteiger partial charge in [0.1, 0.15) is 11.9 Å². The predicted molar refractivity (Wildman–Crippen MR) is 137 cm³/mol. The minimum absolute atomic E-state index is 0. The number of halogens is 2. The van der Waals surface area contributed by atoms with Crippen LogP contribution in [0.15, 0.2) is 60.7 Å². The number of carboxylic acid groups (broad SMARTS) is 1. The van der Waals surface area contributed by atoms with E-state index in [2.05, 4.69) is 11.4 Å². The van der Waals surface area contributed by atoms with E-state index in [0.29, 0.717) is 12.1 Å². The van der Waals surface area contributed by atoms with Crippen molar-refractivity contribution in [3.63, 3.8) is 0 Å². The molecule has 5 nitrogen and oxygen atoms in total. The Labute approximate surface area is 211 Å². The fourth-order valence-corrected chi connectivity index (χ4v) is 4.60. The summed E-state index contributed by atoms with van der Waals surface area (Å²) in [4.78, 5) is 11.7. The van der Waals surface area contributed by atoms with E-state index in [1.54, 1.807) is 18.2 Å². The van der Waals surface area contributed by atoms with Crippen molar-refractivity contribution in [3.05, 3.63) is 94.3 Å². The Morgan fingerprint density at radius 3 is 2.71 bits per heavy atom. The van der Waals surface area contributed by atoms with Crippen LogP contribution in [-0.4, -0.2) is 30.8 Å². The van der Waals surface area contributed by atoms with Crippen LogP contribution in [0.3, 0.4) is 0 Å². The van der Waals surface area contributed by atoms with Crippen LogP contribution in [0.4, 0.5) is 4.39 Å². The fraction of sp³-hybridized carbons (Fsp3) is 0.321. The average Bonchev–Trinajstić information content (AvgIpc) is 2.84. The quantitative estimate of drug-likeness (QED) is 0.381. The van der Waals surface area contributed by atoms with Gasteiger partial charge in [0, 0.05) is 17.5 Å². The Morgan fingerprint density at radius 1 is 1.20 bits per heavy atom. The van der Waals surface area contributed by atoms with Crippen molar-refractivity contribution in [3.8, 4) is 11.5 Å². The van der Waals surface area contributed by atoms with Crippen molar-refractivity contribution in [1.29, 1.82) is 0 Å². The van der Waals surface area contributed by atoms with Gasteiger partial charge in [-0.25, -0.2) is 9.18 Å². The highest BCUT2D eigenvalue weighted by Gasteiger charge is 2.29. The van der Waals surface area contributed by atoms with Crippen molar-refractivity contribution in [1.82, 2.24) is 5.32 Å². The topological polar surface area (TPSA) is 67.8 Å². The van der Waals surface area contributed by atoms with Crippen LogP contribution < -0.4 is 14.8 Å². The summed E-state index contributed by atoms with van der Waals surface area (Å²) in [5, 5.41) is 13.1. The lowest BCUT2D eigenvalue weighted by Crippen LogP contribution is -2.31. The Morgan fingerprint density at radius 2 is 1.97 bits per heavy atom. The van der Waals surface area contributed by atoms with E-state index in [1.165, 1.54) is 13.2 Å². The number of aryl methyl sites for hydroxylation is 1. The van der Waals surface area contributed by atoms with E-state index in [4.69, 9.17) is 9.47 Å². The Kier molecular flexibility index (Phi) is 8.76. The monoisotopic (exact) mass is 499 g/mol. The summed E-state index contributed by atoms with van der Waals surface area (Å²) >= 11 is 0. The van der Waals surface area contributed by atoms with Crippen LogP contribution in [0.2, 0.25) is 0 Å². The molecule has 1 aliphatic rings. The number of rotatable bonds is 8. The van der Waals surface area contributed by atoms with Crippen molar-refractivity contribution >= 4 is 18.4 Å². The van der Waals surface area contributed by atoms with Crippen LogP contribution in [0.1, 0.15) is 64.3 Å². The molecule has 2 N–H and O–H groups in total. The first kappa shape index (κ1) is 26.5. The molecule has 3 aromatic rings. The van der Waals surface area contributed by atoms with Gasteiger partial charge in [-0.15, -0.1) is 12.4 Å². The number of fused-ring (bicyclic) bond motifs is 1. The van der Waals surface area contributed by atoms with Crippen LogP contribution in [0.5, 0.6) is 11.5 Å². The van der Waals surface area contributed by atoms with E-state index in [-0.39, 0.29) is 42.0 Å². The summed E-state index contributed by atoms with van der Waals surface area (Å²) < 4.78 is 25.1. The lowest BCUT2D eigenvalue weighted by atomic mass is 9.82. The van der Waals surface area contributed by atoms with Crippen LogP contribution in [0.25, 0.3) is 0 Å². The highest BCUT2D eigenvalue weighted by atomic mass is 35.5. The standard InChI is InChI=1S/C28H30FNO4.ClH/c1-17-8-9-20(14-23(17)28(31)32)24-16-21(34-26-7-5-4-6-22(24)26)12-13-30-18(2)19-10-11-25(29)27(15-19)33-3;/h4-11,14-15,18,21,24,30H,12-13,16H2,1-3H3,(H,31,32);1H/t18?,21-,24-;/m1./s1. The zero-order valence-electron chi connectivity index (χ0n) is 20.1. The van der Waals surface area contributed by atoms with Gasteiger partial charge in [0.25, 0.3) is 0 Å². The molecule has 0 spiro atoms. The first-order valence-corrected chi connectivity index (χ1v) is 11.5. The maximum atomic E-state index is 13.7. The second-order valence-corrected chi connectivity index (χ2v) is 8.80. The lowest BCUT2D eigenvalue weighted by molar-refractivity contribution is 0.0696. The van der Waals surface area contributed by atoms with Gasteiger partial charge in [-0.2, -0.15) is 0 Å². The molecular weight excluding hydrogens is 469 g/mol. The highest BCUT2D eigenvalue weighted by Crippen LogP contribution is 2.41.